The molecule has 0 radical (unpaired) electrons. The topological polar surface area (TPSA) is 47.6 Å². The van der Waals surface area contributed by atoms with Crippen LogP contribution >= 0.6 is 11.6 Å². The van der Waals surface area contributed by atoms with Crippen LogP contribution in [0.1, 0.15) is 34.0 Å². The molecule has 0 aliphatic rings. The first-order valence-electron chi connectivity index (χ1n) is 9.49. The van der Waals surface area contributed by atoms with E-state index in [1.807, 2.05) is 39.0 Å². The van der Waals surface area contributed by atoms with E-state index in [2.05, 4.69) is 5.32 Å². The van der Waals surface area contributed by atoms with E-state index in [1.165, 1.54) is 0 Å². The molecule has 5 heteroatoms. The number of benzene rings is 3. The van der Waals surface area contributed by atoms with Crippen molar-refractivity contribution in [1.82, 2.24) is 0 Å². The van der Waals surface area contributed by atoms with Crippen LogP contribution in [0, 0.1) is 13.8 Å². The summed E-state index contributed by atoms with van der Waals surface area (Å²) >= 11 is 5.92. The summed E-state index contributed by atoms with van der Waals surface area (Å²) in [6.45, 7) is 6.73. The van der Waals surface area contributed by atoms with Gasteiger partial charge in [-0.3, -0.25) is 4.79 Å². The quantitative estimate of drug-likeness (QED) is 0.506. The molecule has 3 aromatic carbocycles. The summed E-state index contributed by atoms with van der Waals surface area (Å²) in [7, 11) is 0. The fraction of sp³-hybridized carbons (Fsp3) is 0.208. The van der Waals surface area contributed by atoms with Crippen molar-refractivity contribution in [2.45, 2.75) is 27.4 Å². The van der Waals surface area contributed by atoms with Gasteiger partial charge in [-0.1, -0.05) is 29.3 Å². The molecular formula is C24H24ClNO3. The number of amides is 1. The average Bonchev–Trinajstić information content (AvgIpc) is 2.70. The summed E-state index contributed by atoms with van der Waals surface area (Å²) in [5.74, 6) is 1.22. The van der Waals surface area contributed by atoms with Gasteiger partial charge in [0.05, 0.1) is 6.61 Å². The highest BCUT2D eigenvalue weighted by molar-refractivity contribution is 6.30. The monoisotopic (exact) mass is 409 g/mol. The van der Waals surface area contributed by atoms with Crippen molar-refractivity contribution in [3.63, 3.8) is 0 Å². The molecule has 0 aromatic heterocycles. The normalized spacial score (nSPS) is 10.5. The molecule has 0 aliphatic carbocycles. The fourth-order valence-electron chi connectivity index (χ4n) is 2.97. The Labute approximate surface area is 176 Å². The van der Waals surface area contributed by atoms with Crippen LogP contribution in [-0.4, -0.2) is 12.5 Å². The van der Waals surface area contributed by atoms with E-state index in [4.69, 9.17) is 21.1 Å². The largest absolute Gasteiger partial charge is 0.493 e. The smallest absolute Gasteiger partial charge is 0.255 e. The maximum atomic E-state index is 12.8. The van der Waals surface area contributed by atoms with Crippen LogP contribution in [0.5, 0.6) is 11.5 Å². The molecule has 29 heavy (non-hydrogen) atoms. The predicted molar refractivity (Wildman–Crippen MR) is 117 cm³/mol. The molecule has 4 nitrogen and oxygen atoms in total. The number of hydrogen-bond acceptors (Lipinski definition) is 3. The maximum Gasteiger partial charge on any atom is 0.255 e. The lowest BCUT2D eigenvalue weighted by atomic mass is 10.1. The Morgan fingerprint density at radius 3 is 2.41 bits per heavy atom. The predicted octanol–water partition coefficient (Wildman–Crippen LogP) is 6.19. The first-order chi connectivity index (χ1) is 14.0. The molecule has 3 aromatic rings. The van der Waals surface area contributed by atoms with Crippen molar-refractivity contribution in [3.8, 4) is 11.5 Å². The number of ether oxygens (including phenoxy) is 2. The molecule has 1 amide bonds. The van der Waals surface area contributed by atoms with Crippen molar-refractivity contribution < 1.29 is 14.3 Å². The summed E-state index contributed by atoms with van der Waals surface area (Å²) in [5, 5.41) is 3.63. The summed E-state index contributed by atoms with van der Waals surface area (Å²) in [4.78, 5) is 12.8. The zero-order valence-corrected chi connectivity index (χ0v) is 17.5. The van der Waals surface area contributed by atoms with Crippen LogP contribution in [0.15, 0.2) is 60.7 Å². The highest BCUT2D eigenvalue weighted by atomic mass is 35.5. The second-order valence-electron chi connectivity index (χ2n) is 6.77. The van der Waals surface area contributed by atoms with Crippen LogP contribution < -0.4 is 14.8 Å². The maximum absolute atomic E-state index is 12.8. The summed E-state index contributed by atoms with van der Waals surface area (Å²) < 4.78 is 11.5. The van der Waals surface area contributed by atoms with E-state index in [0.717, 1.165) is 22.4 Å². The number of hydrogen-bond donors (Lipinski definition) is 1. The van der Waals surface area contributed by atoms with Gasteiger partial charge in [0.2, 0.25) is 0 Å². The molecular weight excluding hydrogens is 386 g/mol. The fourth-order valence-corrected chi connectivity index (χ4v) is 3.10. The molecule has 0 bridgehead atoms. The van der Waals surface area contributed by atoms with Gasteiger partial charge in [0, 0.05) is 21.8 Å². The second-order valence-corrected chi connectivity index (χ2v) is 7.21. The third kappa shape index (κ3) is 5.52. The third-order valence-electron chi connectivity index (χ3n) is 4.46. The lowest BCUT2D eigenvalue weighted by Crippen LogP contribution is -2.14. The molecule has 1 N–H and O–H groups in total. The molecule has 0 unspecified atom stereocenters. The van der Waals surface area contributed by atoms with Gasteiger partial charge in [-0.05, 0) is 74.9 Å². The first-order valence-corrected chi connectivity index (χ1v) is 9.86. The molecule has 0 spiro atoms. The van der Waals surface area contributed by atoms with Crippen molar-refractivity contribution >= 4 is 23.2 Å². The standard InChI is InChI=1S/C24H24ClNO3/c1-4-28-23-12-6-18(24(27)26-22-11-5-16(2)13-17(22)3)14-19(23)15-29-21-9-7-20(25)8-10-21/h5-14H,4,15H2,1-3H3,(H,26,27). The van der Waals surface area contributed by atoms with Gasteiger partial charge in [-0.15, -0.1) is 0 Å². The lowest BCUT2D eigenvalue weighted by molar-refractivity contribution is 0.102. The zero-order valence-electron chi connectivity index (χ0n) is 16.8. The van der Waals surface area contributed by atoms with E-state index < -0.39 is 0 Å². The lowest BCUT2D eigenvalue weighted by Gasteiger charge is -2.14. The minimum absolute atomic E-state index is 0.173. The highest BCUT2D eigenvalue weighted by Gasteiger charge is 2.13. The number of carbonyl (C=O) groups is 1. The van der Waals surface area contributed by atoms with Crippen molar-refractivity contribution in [2.24, 2.45) is 0 Å². The van der Waals surface area contributed by atoms with E-state index in [9.17, 15) is 4.79 Å². The number of nitrogens with one attached hydrogen (secondary N) is 1. The van der Waals surface area contributed by atoms with E-state index in [1.54, 1.807) is 42.5 Å². The Hall–Kier alpha value is -2.98. The highest BCUT2D eigenvalue weighted by Crippen LogP contribution is 2.25. The third-order valence-corrected chi connectivity index (χ3v) is 4.71. The Kier molecular flexibility index (Phi) is 6.78. The molecule has 0 aliphatic heterocycles. The van der Waals surface area contributed by atoms with E-state index in [0.29, 0.717) is 28.7 Å². The van der Waals surface area contributed by atoms with Crippen LogP contribution in [0.3, 0.4) is 0 Å². The average molecular weight is 410 g/mol. The Balaban J connectivity index is 1.79. The van der Waals surface area contributed by atoms with Crippen molar-refractivity contribution in [3.05, 3.63) is 87.9 Å². The van der Waals surface area contributed by atoms with E-state index >= 15 is 0 Å². The van der Waals surface area contributed by atoms with Crippen molar-refractivity contribution in [1.29, 1.82) is 0 Å². The Morgan fingerprint density at radius 2 is 1.72 bits per heavy atom. The molecule has 0 saturated heterocycles. The van der Waals surface area contributed by atoms with Gasteiger partial charge in [0.15, 0.2) is 0 Å². The number of rotatable bonds is 7. The summed E-state index contributed by atoms with van der Waals surface area (Å²) in [5.41, 5.74) is 4.32. The number of anilines is 1. The molecule has 0 fully saturated rings. The molecule has 0 saturated carbocycles. The Morgan fingerprint density at radius 1 is 0.966 bits per heavy atom. The summed E-state index contributed by atoms with van der Waals surface area (Å²) in [6, 6.07) is 18.5. The Bertz CT molecular complexity index is 1000. The number of aryl methyl sites for hydroxylation is 2. The first kappa shape index (κ1) is 20.7. The van der Waals surface area contributed by atoms with Crippen LogP contribution in [0.25, 0.3) is 0 Å². The van der Waals surface area contributed by atoms with Gasteiger partial charge in [0.1, 0.15) is 18.1 Å². The molecule has 0 atom stereocenters. The van der Waals surface area contributed by atoms with Crippen molar-refractivity contribution in [2.75, 3.05) is 11.9 Å². The molecule has 0 heterocycles. The van der Waals surface area contributed by atoms with Crippen LogP contribution in [0.4, 0.5) is 5.69 Å². The van der Waals surface area contributed by atoms with Gasteiger partial charge < -0.3 is 14.8 Å². The van der Waals surface area contributed by atoms with Gasteiger partial charge >= 0.3 is 0 Å². The summed E-state index contributed by atoms with van der Waals surface area (Å²) in [6.07, 6.45) is 0. The second kappa shape index (κ2) is 9.48. The van der Waals surface area contributed by atoms with Crippen LogP contribution in [-0.2, 0) is 6.61 Å². The minimum atomic E-state index is -0.173. The van der Waals surface area contributed by atoms with Gasteiger partial charge in [-0.2, -0.15) is 0 Å². The number of halogens is 1. The van der Waals surface area contributed by atoms with Crippen LogP contribution in [0.2, 0.25) is 5.02 Å². The van der Waals surface area contributed by atoms with Gasteiger partial charge in [-0.25, -0.2) is 0 Å². The molecule has 150 valence electrons. The minimum Gasteiger partial charge on any atom is -0.493 e. The van der Waals surface area contributed by atoms with E-state index in [-0.39, 0.29) is 12.5 Å². The zero-order chi connectivity index (χ0) is 20.8. The number of carbonyl (C=O) groups excluding carboxylic acids is 1. The molecule has 3 rings (SSSR count). The SMILES string of the molecule is CCOc1ccc(C(=O)Nc2ccc(C)cc2C)cc1COc1ccc(Cl)cc1. The van der Waals surface area contributed by atoms with Gasteiger partial charge in [0.25, 0.3) is 5.91 Å².